The molecule has 11 aromatic rings. The molecule has 0 fully saturated rings. The maximum absolute atomic E-state index is 2.41. The summed E-state index contributed by atoms with van der Waals surface area (Å²) >= 11 is 0. The zero-order valence-corrected chi connectivity index (χ0v) is 33.6. The van der Waals surface area contributed by atoms with Gasteiger partial charge in [-0.1, -0.05) is 212 Å². The first-order valence-electron chi connectivity index (χ1n) is 21.0. The SMILES string of the molecule is c1ccc(-c2ccc(-c3ccc(-c4cc(N(c5ccc(-c6cccc7ccccc67)cc5)c5ccc6ccc7ccccc7c6c5)ccc4-c4ccccc4)cc3)cc2)cc1. The molecule has 0 saturated carbocycles. The molecule has 0 unspecified atom stereocenters. The topological polar surface area (TPSA) is 3.24 Å². The van der Waals surface area contributed by atoms with Gasteiger partial charge in [-0.2, -0.15) is 0 Å². The molecule has 11 rings (SSSR count). The molecular formula is C60H41N. The minimum atomic E-state index is 1.09. The third kappa shape index (κ3) is 6.93. The second-order valence-electron chi connectivity index (χ2n) is 15.7. The average Bonchev–Trinajstić information content (AvgIpc) is 3.35. The molecule has 0 radical (unpaired) electrons. The van der Waals surface area contributed by atoms with Gasteiger partial charge in [0.2, 0.25) is 0 Å². The van der Waals surface area contributed by atoms with Gasteiger partial charge in [0.15, 0.2) is 0 Å². The van der Waals surface area contributed by atoms with Gasteiger partial charge in [0.1, 0.15) is 0 Å². The van der Waals surface area contributed by atoms with Crippen molar-refractivity contribution in [2.75, 3.05) is 4.90 Å². The van der Waals surface area contributed by atoms with Crippen molar-refractivity contribution < 1.29 is 0 Å². The molecule has 0 aliphatic carbocycles. The van der Waals surface area contributed by atoms with Crippen molar-refractivity contribution in [3.8, 4) is 55.6 Å². The summed E-state index contributed by atoms with van der Waals surface area (Å²) in [6, 6.07) is 90.5. The van der Waals surface area contributed by atoms with Crippen LogP contribution in [0.25, 0.3) is 88.0 Å². The van der Waals surface area contributed by atoms with Gasteiger partial charge in [-0.25, -0.2) is 0 Å². The molecule has 0 aliphatic rings. The summed E-state index contributed by atoms with van der Waals surface area (Å²) in [5, 5.41) is 7.46. The van der Waals surface area contributed by atoms with E-state index >= 15 is 0 Å². The summed E-state index contributed by atoms with van der Waals surface area (Å²) in [5.74, 6) is 0. The Morgan fingerprint density at radius 1 is 0.197 bits per heavy atom. The summed E-state index contributed by atoms with van der Waals surface area (Å²) < 4.78 is 0. The highest BCUT2D eigenvalue weighted by molar-refractivity contribution is 6.09. The van der Waals surface area contributed by atoms with Gasteiger partial charge < -0.3 is 4.90 Å². The molecule has 0 aliphatic heterocycles. The van der Waals surface area contributed by atoms with E-state index in [4.69, 9.17) is 0 Å². The first kappa shape index (κ1) is 36.1. The number of hydrogen-bond donors (Lipinski definition) is 0. The minimum Gasteiger partial charge on any atom is -0.310 e. The smallest absolute Gasteiger partial charge is 0.0468 e. The highest BCUT2D eigenvalue weighted by atomic mass is 15.1. The normalized spacial score (nSPS) is 11.3. The highest BCUT2D eigenvalue weighted by Crippen LogP contribution is 2.43. The van der Waals surface area contributed by atoms with Crippen molar-refractivity contribution in [1.82, 2.24) is 0 Å². The maximum atomic E-state index is 2.41. The minimum absolute atomic E-state index is 1.09. The van der Waals surface area contributed by atoms with Crippen LogP contribution < -0.4 is 4.90 Å². The Balaban J connectivity index is 1.04. The second kappa shape index (κ2) is 15.6. The molecule has 11 aromatic carbocycles. The quantitative estimate of drug-likeness (QED) is 0.139. The molecule has 0 bridgehead atoms. The Bertz CT molecular complexity index is 3310. The van der Waals surface area contributed by atoms with E-state index < -0.39 is 0 Å². The van der Waals surface area contributed by atoms with Crippen molar-refractivity contribution >= 4 is 49.4 Å². The largest absolute Gasteiger partial charge is 0.310 e. The highest BCUT2D eigenvalue weighted by Gasteiger charge is 2.18. The van der Waals surface area contributed by atoms with Crippen molar-refractivity contribution in [2.45, 2.75) is 0 Å². The zero-order valence-electron chi connectivity index (χ0n) is 33.6. The monoisotopic (exact) mass is 775 g/mol. The van der Waals surface area contributed by atoms with Crippen LogP contribution in [-0.2, 0) is 0 Å². The number of hydrogen-bond acceptors (Lipinski definition) is 1. The lowest BCUT2D eigenvalue weighted by Gasteiger charge is -2.27. The van der Waals surface area contributed by atoms with Crippen LogP contribution in [0.15, 0.2) is 249 Å². The fraction of sp³-hybridized carbons (Fsp3) is 0. The van der Waals surface area contributed by atoms with E-state index in [1.807, 2.05) is 0 Å². The predicted molar refractivity (Wildman–Crippen MR) is 261 cm³/mol. The van der Waals surface area contributed by atoms with Crippen LogP contribution in [0.3, 0.4) is 0 Å². The molecule has 0 heterocycles. The van der Waals surface area contributed by atoms with Crippen LogP contribution in [0.2, 0.25) is 0 Å². The summed E-state index contributed by atoms with van der Waals surface area (Å²) in [6.07, 6.45) is 0. The standard InChI is InChI=1S/C60H41N/c1-3-12-42(13-4-1)43-22-24-44(25-23-43)45-26-28-50(29-27-45)60-41-54(38-39-58(60)46-14-5-2-6-15-46)61(53-37-34-51-31-30-48-17-8-10-20-57(48)59(51)40-53)52-35-32-49(33-36-52)56-21-11-18-47-16-7-9-19-55(47)56/h1-41H. The first-order chi connectivity index (χ1) is 30.2. The lowest BCUT2D eigenvalue weighted by Crippen LogP contribution is -2.10. The zero-order chi connectivity index (χ0) is 40.5. The third-order valence-electron chi connectivity index (χ3n) is 12.1. The van der Waals surface area contributed by atoms with E-state index in [1.54, 1.807) is 0 Å². The van der Waals surface area contributed by atoms with Crippen LogP contribution in [0, 0.1) is 0 Å². The molecule has 61 heavy (non-hydrogen) atoms. The van der Waals surface area contributed by atoms with Crippen LogP contribution in [0.4, 0.5) is 17.1 Å². The molecule has 286 valence electrons. The number of benzene rings is 11. The summed E-state index contributed by atoms with van der Waals surface area (Å²) in [5.41, 5.74) is 15.3. The van der Waals surface area contributed by atoms with Gasteiger partial charge in [-0.05, 0) is 124 Å². The van der Waals surface area contributed by atoms with Gasteiger partial charge >= 0.3 is 0 Å². The molecular weight excluding hydrogens is 735 g/mol. The molecule has 0 saturated heterocycles. The van der Waals surface area contributed by atoms with Crippen LogP contribution in [0.1, 0.15) is 0 Å². The number of rotatable bonds is 8. The van der Waals surface area contributed by atoms with Crippen molar-refractivity contribution in [3.05, 3.63) is 249 Å². The molecule has 0 aromatic heterocycles. The Morgan fingerprint density at radius 3 is 1.28 bits per heavy atom. The average molecular weight is 776 g/mol. The van der Waals surface area contributed by atoms with Crippen molar-refractivity contribution in [1.29, 1.82) is 0 Å². The number of anilines is 3. The first-order valence-corrected chi connectivity index (χ1v) is 21.0. The summed E-state index contributed by atoms with van der Waals surface area (Å²) in [6.45, 7) is 0. The van der Waals surface area contributed by atoms with Gasteiger partial charge in [-0.15, -0.1) is 0 Å². The van der Waals surface area contributed by atoms with Crippen LogP contribution in [0.5, 0.6) is 0 Å². The fourth-order valence-corrected chi connectivity index (χ4v) is 8.95. The fourth-order valence-electron chi connectivity index (χ4n) is 8.95. The predicted octanol–water partition coefficient (Wildman–Crippen LogP) is 17.0. The van der Waals surface area contributed by atoms with Gasteiger partial charge in [0.05, 0.1) is 0 Å². The molecule has 1 nitrogen and oxygen atoms in total. The van der Waals surface area contributed by atoms with Crippen molar-refractivity contribution in [3.63, 3.8) is 0 Å². The van der Waals surface area contributed by atoms with Crippen LogP contribution in [-0.4, -0.2) is 0 Å². The Hall–Kier alpha value is -8.00. The molecule has 1 heteroatoms. The second-order valence-corrected chi connectivity index (χ2v) is 15.7. The molecule has 0 spiro atoms. The van der Waals surface area contributed by atoms with Gasteiger partial charge in [-0.3, -0.25) is 0 Å². The number of fused-ring (bicyclic) bond motifs is 4. The molecule has 0 atom stereocenters. The molecule has 0 N–H and O–H groups in total. The van der Waals surface area contributed by atoms with E-state index in [-0.39, 0.29) is 0 Å². The van der Waals surface area contributed by atoms with E-state index in [0.29, 0.717) is 0 Å². The molecule has 0 amide bonds. The lowest BCUT2D eigenvalue weighted by atomic mass is 9.92. The Labute approximate surface area is 357 Å². The van der Waals surface area contributed by atoms with E-state index in [0.717, 1.165) is 17.1 Å². The van der Waals surface area contributed by atoms with E-state index in [2.05, 4.69) is 254 Å². The van der Waals surface area contributed by atoms with Gasteiger partial charge in [0, 0.05) is 17.1 Å². The lowest BCUT2D eigenvalue weighted by molar-refractivity contribution is 1.29. The van der Waals surface area contributed by atoms with E-state index in [9.17, 15) is 0 Å². The van der Waals surface area contributed by atoms with Crippen molar-refractivity contribution in [2.24, 2.45) is 0 Å². The summed E-state index contributed by atoms with van der Waals surface area (Å²) in [7, 11) is 0. The van der Waals surface area contributed by atoms with Gasteiger partial charge in [0.25, 0.3) is 0 Å². The number of nitrogens with zero attached hydrogens (tertiary/aromatic N) is 1. The van der Waals surface area contributed by atoms with E-state index in [1.165, 1.54) is 88.0 Å². The maximum Gasteiger partial charge on any atom is 0.0468 e. The Morgan fingerprint density at radius 2 is 0.607 bits per heavy atom. The summed E-state index contributed by atoms with van der Waals surface area (Å²) in [4.78, 5) is 2.41. The Kier molecular flexibility index (Phi) is 9.26. The van der Waals surface area contributed by atoms with Crippen LogP contribution >= 0.6 is 0 Å². The third-order valence-corrected chi connectivity index (χ3v) is 12.1.